The van der Waals surface area contributed by atoms with E-state index in [2.05, 4.69) is 20.9 Å². The summed E-state index contributed by atoms with van der Waals surface area (Å²) in [4.78, 5) is 18.5. The molecule has 0 bridgehead atoms. The lowest BCUT2D eigenvalue weighted by atomic mass is 9.81. The van der Waals surface area contributed by atoms with Gasteiger partial charge in [0.05, 0.1) is 5.56 Å². The molecule has 1 aliphatic heterocycles. The van der Waals surface area contributed by atoms with Crippen molar-refractivity contribution in [1.82, 2.24) is 4.98 Å². The third-order valence-corrected chi connectivity index (χ3v) is 3.14. The second-order valence-electron chi connectivity index (χ2n) is 4.57. The van der Waals surface area contributed by atoms with Gasteiger partial charge in [-0.1, -0.05) is 13.8 Å². The highest BCUT2D eigenvalue weighted by molar-refractivity contribution is 9.10. The predicted octanol–water partition coefficient (Wildman–Crippen LogP) is 2.50. The molecule has 0 aliphatic carbocycles. The van der Waals surface area contributed by atoms with Gasteiger partial charge in [-0.15, -0.1) is 0 Å². The molecule has 1 aromatic heterocycles. The van der Waals surface area contributed by atoms with Gasteiger partial charge in [-0.25, -0.2) is 4.98 Å². The Morgan fingerprint density at radius 3 is 2.80 bits per heavy atom. The van der Waals surface area contributed by atoms with E-state index in [1.807, 2.05) is 37.9 Å². The third-order valence-electron chi connectivity index (χ3n) is 2.69. The molecule has 0 saturated heterocycles. The van der Waals surface area contributed by atoms with Gasteiger partial charge in [0.25, 0.3) is 0 Å². The van der Waals surface area contributed by atoms with Gasteiger partial charge in [0, 0.05) is 19.0 Å². The van der Waals surface area contributed by atoms with E-state index in [1.165, 1.54) is 0 Å². The molecule has 1 aliphatic rings. The van der Waals surface area contributed by atoms with Crippen LogP contribution in [0.15, 0.2) is 16.7 Å². The summed E-state index contributed by atoms with van der Waals surface area (Å²) in [6.45, 7) is 4.65. The number of carbonyl (C=O) groups excluding carboxylic acids is 1. The Kier molecular flexibility index (Phi) is 2.34. The van der Waals surface area contributed by atoms with Crippen LogP contribution >= 0.6 is 15.9 Å². The molecule has 0 saturated carbocycles. The molecule has 80 valence electrons. The lowest BCUT2D eigenvalue weighted by molar-refractivity contribution is 0.0835. The first-order valence-electron chi connectivity index (χ1n) is 4.84. The highest BCUT2D eigenvalue weighted by Gasteiger charge is 2.37. The van der Waals surface area contributed by atoms with Crippen molar-refractivity contribution in [2.75, 3.05) is 18.5 Å². The van der Waals surface area contributed by atoms with Crippen LogP contribution in [-0.4, -0.2) is 24.4 Å². The van der Waals surface area contributed by atoms with Crippen LogP contribution in [0.4, 0.5) is 5.82 Å². The second kappa shape index (κ2) is 3.30. The number of rotatable bonds is 0. The Labute approximate surface area is 97.6 Å². The van der Waals surface area contributed by atoms with Crippen LogP contribution in [0.2, 0.25) is 0 Å². The molecule has 0 amide bonds. The molecule has 2 rings (SSSR count). The first-order chi connectivity index (χ1) is 6.92. The zero-order valence-electron chi connectivity index (χ0n) is 9.04. The minimum Gasteiger partial charge on any atom is -0.358 e. The van der Waals surface area contributed by atoms with Crippen molar-refractivity contribution >= 4 is 27.5 Å². The van der Waals surface area contributed by atoms with Crippen LogP contribution in [0, 0.1) is 5.41 Å². The fourth-order valence-corrected chi connectivity index (χ4v) is 2.30. The number of nitrogens with zero attached hydrogens (tertiary/aromatic N) is 2. The molecule has 0 N–H and O–H groups in total. The average molecular weight is 269 g/mol. The van der Waals surface area contributed by atoms with Crippen LogP contribution in [0.5, 0.6) is 0 Å². The number of hydrogen-bond donors (Lipinski definition) is 0. The Morgan fingerprint density at radius 1 is 1.47 bits per heavy atom. The fraction of sp³-hybridized carbons (Fsp3) is 0.455. The maximum atomic E-state index is 12.1. The number of aromatic nitrogens is 1. The highest BCUT2D eigenvalue weighted by Crippen LogP contribution is 2.34. The van der Waals surface area contributed by atoms with Crippen molar-refractivity contribution in [2.45, 2.75) is 13.8 Å². The number of pyridine rings is 1. The Hall–Kier alpha value is -0.900. The first kappa shape index (κ1) is 10.6. The lowest BCUT2D eigenvalue weighted by Gasteiger charge is -2.36. The van der Waals surface area contributed by atoms with Gasteiger partial charge in [-0.05, 0) is 28.1 Å². The van der Waals surface area contributed by atoms with Gasteiger partial charge in [0.2, 0.25) is 0 Å². The molecule has 0 atom stereocenters. The van der Waals surface area contributed by atoms with E-state index in [-0.39, 0.29) is 11.2 Å². The maximum absolute atomic E-state index is 12.1. The van der Waals surface area contributed by atoms with Gasteiger partial charge in [0.1, 0.15) is 10.4 Å². The van der Waals surface area contributed by atoms with E-state index < -0.39 is 0 Å². The number of anilines is 1. The molecule has 1 aromatic rings. The first-order valence-corrected chi connectivity index (χ1v) is 5.63. The summed E-state index contributed by atoms with van der Waals surface area (Å²) < 4.78 is 0.764. The van der Waals surface area contributed by atoms with E-state index in [1.54, 1.807) is 0 Å². The van der Waals surface area contributed by atoms with Crippen LogP contribution in [0.25, 0.3) is 0 Å². The smallest absolute Gasteiger partial charge is 0.173 e. The van der Waals surface area contributed by atoms with Crippen LogP contribution in [0.3, 0.4) is 0 Å². The topological polar surface area (TPSA) is 33.2 Å². The minimum absolute atomic E-state index is 0.176. The van der Waals surface area contributed by atoms with Crippen molar-refractivity contribution in [3.8, 4) is 0 Å². The van der Waals surface area contributed by atoms with Crippen molar-refractivity contribution in [1.29, 1.82) is 0 Å². The summed E-state index contributed by atoms with van der Waals surface area (Å²) in [7, 11) is 1.96. The number of hydrogen-bond acceptors (Lipinski definition) is 3. The molecule has 0 aromatic carbocycles. The zero-order valence-corrected chi connectivity index (χ0v) is 10.6. The number of ketones is 1. The summed E-state index contributed by atoms with van der Waals surface area (Å²) in [5.41, 5.74) is 0.397. The highest BCUT2D eigenvalue weighted by atomic mass is 79.9. The summed E-state index contributed by atoms with van der Waals surface area (Å²) in [6, 6.07) is 3.65. The average Bonchev–Trinajstić information content (AvgIpc) is 2.14. The Morgan fingerprint density at radius 2 is 2.13 bits per heavy atom. The van der Waals surface area contributed by atoms with Gasteiger partial charge in [-0.2, -0.15) is 0 Å². The van der Waals surface area contributed by atoms with Crippen molar-refractivity contribution in [3.63, 3.8) is 0 Å². The minimum atomic E-state index is -0.322. The van der Waals surface area contributed by atoms with Gasteiger partial charge in [0.15, 0.2) is 5.78 Å². The fourth-order valence-electron chi connectivity index (χ4n) is 2.00. The van der Waals surface area contributed by atoms with Gasteiger partial charge in [-0.3, -0.25) is 4.79 Å². The quantitative estimate of drug-likeness (QED) is 0.678. The standard InChI is InChI=1S/C11H13BrN2O/c1-11(2)6-14(3)10-7(9(11)15)4-5-8(12)13-10/h4-5H,6H2,1-3H3. The van der Waals surface area contributed by atoms with Crippen LogP contribution in [-0.2, 0) is 0 Å². The molecule has 2 heterocycles. The molecule has 0 unspecified atom stereocenters. The molecular formula is C11H13BrN2O. The normalized spacial score (nSPS) is 18.9. The van der Waals surface area contributed by atoms with Gasteiger partial charge >= 0.3 is 0 Å². The van der Waals surface area contributed by atoms with Crippen molar-refractivity contribution in [2.24, 2.45) is 5.41 Å². The zero-order chi connectivity index (χ0) is 11.2. The molecule has 0 spiro atoms. The van der Waals surface area contributed by atoms with E-state index in [0.717, 1.165) is 16.0 Å². The Bertz CT molecular complexity index is 429. The molecule has 0 radical (unpaired) electrons. The maximum Gasteiger partial charge on any atom is 0.173 e. The SMILES string of the molecule is CN1CC(C)(C)C(=O)c2ccc(Br)nc21. The number of fused-ring (bicyclic) bond motifs is 1. The Balaban J connectivity index is 2.59. The largest absolute Gasteiger partial charge is 0.358 e. The molecular weight excluding hydrogens is 256 g/mol. The molecule has 4 heteroatoms. The van der Waals surface area contributed by atoms with Crippen molar-refractivity contribution < 1.29 is 4.79 Å². The lowest BCUT2D eigenvalue weighted by Crippen LogP contribution is -2.43. The number of halogens is 1. The summed E-state index contributed by atoms with van der Waals surface area (Å²) >= 11 is 3.32. The van der Waals surface area contributed by atoms with E-state index in [0.29, 0.717) is 6.54 Å². The monoisotopic (exact) mass is 268 g/mol. The molecule has 15 heavy (non-hydrogen) atoms. The van der Waals surface area contributed by atoms with Crippen LogP contribution in [0.1, 0.15) is 24.2 Å². The van der Waals surface area contributed by atoms with E-state index in [9.17, 15) is 4.79 Å². The molecule has 0 fully saturated rings. The summed E-state index contributed by atoms with van der Waals surface area (Å²) in [5, 5.41) is 0. The summed E-state index contributed by atoms with van der Waals surface area (Å²) in [6.07, 6.45) is 0. The summed E-state index contributed by atoms with van der Waals surface area (Å²) in [5.74, 6) is 0.948. The third kappa shape index (κ3) is 1.67. The van der Waals surface area contributed by atoms with E-state index in [4.69, 9.17) is 0 Å². The van der Waals surface area contributed by atoms with E-state index >= 15 is 0 Å². The van der Waals surface area contributed by atoms with Gasteiger partial charge < -0.3 is 4.90 Å². The van der Waals surface area contributed by atoms with Crippen molar-refractivity contribution in [3.05, 3.63) is 22.3 Å². The number of carbonyl (C=O) groups is 1. The molecule has 3 nitrogen and oxygen atoms in total. The second-order valence-corrected chi connectivity index (χ2v) is 5.39. The van der Waals surface area contributed by atoms with Crippen LogP contribution < -0.4 is 4.90 Å². The number of Topliss-reactive ketones (excluding diaryl/α,β-unsaturated/α-hetero) is 1. The predicted molar refractivity (Wildman–Crippen MR) is 63.3 cm³/mol.